The van der Waals surface area contributed by atoms with Crippen molar-refractivity contribution < 1.29 is 0 Å². The molecular formula is C30H22N2. The summed E-state index contributed by atoms with van der Waals surface area (Å²) in [5.74, 6) is 0. The molecule has 0 saturated heterocycles. The Hall–Kier alpha value is -3.88. The highest BCUT2D eigenvalue weighted by molar-refractivity contribution is 6.33. The van der Waals surface area contributed by atoms with Gasteiger partial charge in [-0.25, -0.2) is 0 Å². The van der Waals surface area contributed by atoms with Crippen molar-refractivity contribution in [3.05, 3.63) is 90.0 Å². The minimum atomic E-state index is 0.493. The second kappa shape index (κ2) is 6.32. The number of rotatable bonds is 2. The Labute approximate surface area is 186 Å². The fourth-order valence-corrected chi connectivity index (χ4v) is 5.86. The van der Waals surface area contributed by atoms with Crippen LogP contribution >= 0.6 is 0 Å². The number of aromatic nitrogens is 1. The smallest absolute Gasteiger partial charge is 0.0523 e. The third kappa shape index (κ3) is 2.08. The maximum Gasteiger partial charge on any atom is 0.0523 e. The topological polar surface area (TPSA) is 41.8 Å². The van der Waals surface area contributed by atoms with Crippen molar-refractivity contribution in [2.24, 2.45) is 5.73 Å². The lowest BCUT2D eigenvalue weighted by Gasteiger charge is -2.12. The standard InChI is InChI=1S/C30H22N2/c1-2-8-17-18-9-5-6-12-22(18)29-28-23-14-7-13-21-19-10-3-4-11-20(19)24(27(21)23)15-26(28)32-30(29)25(17)16-31/h2-15,32H,16,31H2,1H3/b8-2-. The molecule has 1 aliphatic carbocycles. The molecule has 32 heavy (non-hydrogen) atoms. The first-order valence-electron chi connectivity index (χ1n) is 11.2. The van der Waals surface area contributed by atoms with E-state index in [9.17, 15) is 0 Å². The van der Waals surface area contributed by atoms with Gasteiger partial charge in [0.1, 0.15) is 0 Å². The van der Waals surface area contributed by atoms with E-state index in [1.807, 2.05) is 0 Å². The third-order valence-corrected chi connectivity index (χ3v) is 7.08. The van der Waals surface area contributed by atoms with Gasteiger partial charge in [0.2, 0.25) is 0 Å². The molecular weight excluding hydrogens is 388 g/mol. The van der Waals surface area contributed by atoms with Gasteiger partial charge in [-0.1, -0.05) is 78.9 Å². The van der Waals surface area contributed by atoms with Gasteiger partial charge >= 0.3 is 0 Å². The van der Waals surface area contributed by atoms with Gasteiger partial charge in [0.05, 0.1) is 5.52 Å². The van der Waals surface area contributed by atoms with Crippen molar-refractivity contribution in [2.45, 2.75) is 13.5 Å². The van der Waals surface area contributed by atoms with Gasteiger partial charge in [0, 0.05) is 22.8 Å². The number of nitrogens with two attached hydrogens (primary N) is 1. The monoisotopic (exact) mass is 410 g/mol. The van der Waals surface area contributed by atoms with Gasteiger partial charge in [-0.2, -0.15) is 0 Å². The molecule has 0 unspecified atom stereocenters. The van der Waals surface area contributed by atoms with E-state index < -0.39 is 0 Å². The van der Waals surface area contributed by atoms with E-state index in [1.54, 1.807) is 0 Å². The number of benzene rings is 5. The molecule has 152 valence electrons. The molecule has 0 radical (unpaired) electrons. The zero-order valence-corrected chi connectivity index (χ0v) is 17.9. The summed E-state index contributed by atoms with van der Waals surface area (Å²) in [4.78, 5) is 3.80. The number of fused-ring (bicyclic) bond motifs is 9. The van der Waals surface area contributed by atoms with Crippen molar-refractivity contribution in [3.8, 4) is 22.3 Å². The SMILES string of the molecule is C/C=C\c1c(CN)c2[nH]c3cc4c5c(cccc5c3c2c2ccccc12)-c1ccccc1-4. The second-order valence-corrected chi connectivity index (χ2v) is 8.64. The Kier molecular flexibility index (Phi) is 3.51. The molecule has 3 N–H and O–H groups in total. The average Bonchev–Trinajstić information content (AvgIpc) is 3.38. The maximum atomic E-state index is 6.35. The van der Waals surface area contributed by atoms with Crippen LogP contribution in [0.15, 0.2) is 78.9 Å². The Balaban J connectivity index is 1.77. The molecule has 1 aliphatic rings. The minimum absolute atomic E-state index is 0.493. The number of hydrogen-bond donors (Lipinski definition) is 2. The first kappa shape index (κ1) is 17.8. The predicted octanol–water partition coefficient (Wildman–Crippen LogP) is 7.77. The Morgan fingerprint density at radius 2 is 1.41 bits per heavy atom. The largest absolute Gasteiger partial charge is 0.354 e. The summed E-state index contributed by atoms with van der Waals surface area (Å²) in [5.41, 5.74) is 16.4. The van der Waals surface area contributed by atoms with Crippen molar-refractivity contribution in [2.75, 3.05) is 0 Å². The van der Waals surface area contributed by atoms with E-state index in [1.165, 1.54) is 71.2 Å². The van der Waals surface area contributed by atoms with Crippen LogP contribution < -0.4 is 5.73 Å². The van der Waals surface area contributed by atoms with Crippen LogP contribution in [0.3, 0.4) is 0 Å². The molecule has 7 rings (SSSR count). The first-order valence-corrected chi connectivity index (χ1v) is 11.2. The molecule has 0 saturated carbocycles. The van der Waals surface area contributed by atoms with Crippen LogP contribution in [0.1, 0.15) is 18.1 Å². The number of hydrogen-bond acceptors (Lipinski definition) is 1. The normalized spacial score (nSPS) is 12.7. The lowest BCUT2D eigenvalue weighted by molar-refractivity contribution is 1.08. The summed E-state index contributed by atoms with van der Waals surface area (Å²) < 4.78 is 0. The van der Waals surface area contributed by atoms with Crippen LogP contribution in [0.4, 0.5) is 0 Å². The zero-order chi connectivity index (χ0) is 21.4. The Bertz CT molecular complexity index is 1770. The van der Waals surface area contributed by atoms with Gasteiger partial charge in [0.25, 0.3) is 0 Å². The van der Waals surface area contributed by atoms with Crippen LogP contribution in [0.25, 0.3) is 71.7 Å². The van der Waals surface area contributed by atoms with E-state index in [-0.39, 0.29) is 0 Å². The number of allylic oxidation sites excluding steroid dienone is 1. The molecule has 0 amide bonds. The molecule has 1 aromatic heterocycles. The summed E-state index contributed by atoms with van der Waals surface area (Å²) in [7, 11) is 0. The van der Waals surface area contributed by atoms with Crippen LogP contribution in [-0.4, -0.2) is 4.98 Å². The highest BCUT2D eigenvalue weighted by Gasteiger charge is 2.25. The minimum Gasteiger partial charge on any atom is -0.354 e. The lowest BCUT2D eigenvalue weighted by atomic mass is 9.91. The fourth-order valence-electron chi connectivity index (χ4n) is 5.86. The van der Waals surface area contributed by atoms with Crippen molar-refractivity contribution in [1.29, 1.82) is 0 Å². The van der Waals surface area contributed by atoms with Crippen molar-refractivity contribution >= 4 is 49.4 Å². The number of nitrogens with one attached hydrogen (secondary N) is 1. The van der Waals surface area contributed by atoms with E-state index in [0.29, 0.717) is 6.54 Å². The van der Waals surface area contributed by atoms with Gasteiger partial charge < -0.3 is 10.7 Å². The van der Waals surface area contributed by atoms with E-state index >= 15 is 0 Å². The van der Waals surface area contributed by atoms with Crippen molar-refractivity contribution in [3.63, 3.8) is 0 Å². The van der Waals surface area contributed by atoms with Crippen LogP contribution in [0, 0.1) is 0 Å². The molecule has 0 atom stereocenters. The lowest BCUT2D eigenvalue weighted by Crippen LogP contribution is -2.01. The Morgan fingerprint density at radius 1 is 0.719 bits per heavy atom. The van der Waals surface area contributed by atoms with Crippen LogP contribution in [0.2, 0.25) is 0 Å². The first-order chi connectivity index (χ1) is 15.8. The summed E-state index contributed by atoms with van der Waals surface area (Å²) in [5, 5.41) is 7.78. The van der Waals surface area contributed by atoms with Crippen LogP contribution in [0.5, 0.6) is 0 Å². The zero-order valence-electron chi connectivity index (χ0n) is 17.9. The van der Waals surface area contributed by atoms with Gasteiger partial charge in [-0.05, 0) is 67.9 Å². The molecule has 2 nitrogen and oxygen atoms in total. The van der Waals surface area contributed by atoms with E-state index in [4.69, 9.17) is 5.73 Å². The van der Waals surface area contributed by atoms with Gasteiger partial charge in [0.15, 0.2) is 0 Å². The molecule has 6 aromatic rings. The second-order valence-electron chi connectivity index (χ2n) is 8.64. The average molecular weight is 411 g/mol. The molecule has 5 aromatic carbocycles. The van der Waals surface area contributed by atoms with Gasteiger partial charge in [-0.3, -0.25) is 0 Å². The molecule has 2 heteroatoms. The molecule has 1 heterocycles. The van der Waals surface area contributed by atoms with Crippen molar-refractivity contribution in [1.82, 2.24) is 4.98 Å². The molecule has 0 bridgehead atoms. The summed E-state index contributed by atoms with van der Waals surface area (Å²) >= 11 is 0. The molecule has 0 fully saturated rings. The summed E-state index contributed by atoms with van der Waals surface area (Å²) in [6.45, 7) is 2.56. The molecule has 0 spiro atoms. The summed E-state index contributed by atoms with van der Waals surface area (Å²) in [6, 6.07) is 26.5. The quantitative estimate of drug-likeness (QED) is 0.300. The number of H-pyrrole nitrogens is 1. The Morgan fingerprint density at radius 3 is 2.19 bits per heavy atom. The molecule has 0 aliphatic heterocycles. The van der Waals surface area contributed by atoms with E-state index in [0.717, 1.165) is 5.52 Å². The third-order valence-electron chi connectivity index (χ3n) is 7.08. The highest BCUT2D eigenvalue weighted by atomic mass is 14.7. The maximum absolute atomic E-state index is 6.35. The fraction of sp³-hybridized carbons (Fsp3) is 0.0667. The predicted molar refractivity (Wildman–Crippen MR) is 138 cm³/mol. The summed E-state index contributed by atoms with van der Waals surface area (Å²) in [6.07, 6.45) is 4.29. The van der Waals surface area contributed by atoms with Gasteiger partial charge in [-0.15, -0.1) is 0 Å². The van der Waals surface area contributed by atoms with Crippen LogP contribution in [-0.2, 0) is 6.54 Å². The number of aromatic amines is 1. The highest BCUT2D eigenvalue weighted by Crippen LogP contribution is 2.51. The van der Waals surface area contributed by atoms with E-state index in [2.05, 4.69) is 96.9 Å².